The van der Waals surface area contributed by atoms with Gasteiger partial charge in [-0.1, -0.05) is 29.8 Å². The van der Waals surface area contributed by atoms with E-state index in [2.05, 4.69) is 9.98 Å². The minimum atomic E-state index is -4.52. The first-order valence-electron chi connectivity index (χ1n) is 7.17. The molecule has 0 saturated carbocycles. The van der Waals surface area contributed by atoms with Gasteiger partial charge in [-0.2, -0.15) is 18.2 Å². The lowest BCUT2D eigenvalue weighted by Crippen LogP contribution is -2.40. The van der Waals surface area contributed by atoms with Crippen molar-refractivity contribution in [3.8, 4) is 0 Å². The highest BCUT2D eigenvalue weighted by Gasteiger charge is 2.33. The number of halogens is 6. The summed E-state index contributed by atoms with van der Waals surface area (Å²) in [5, 5.41) is -0.358. The summed E-state index contributed by atoms with van der Waals surface area (Å²) >= 11 is 5.57. The third-order valence-electron chi connectivity index (χ3n) is 3.37. The lowest BCUT2D eigenvalue weighted by molar-refractivity contribution is -0.137. The summed E-state index contributed by atoms with van der Waals surface area (Å²) in [4.78, 5) is 9.75. The molecular formula is C15H19Cl3F3N5. The third kappa shape index (κ3) is 6.93. The Kier molecular flexibility index (Phi) is 9.83. The SMILES string of the molecule is Cl.Cl.NC(=NCc1ccc(Cl)c(C(F)(F)F)c1)/N=C(/N)N1CC=CCC1. The summed E-state index contributed by atoms with van der Waals surface area (Å²) in [7, 11) is 0. The van der Waals surface area contributed by atoms with Gasteiger partial charge in [0, 0.05) is 13.1 Å². The number of benzene rings is 1. The second-order valence-corrected chi connectivity index (χ2v) is 5.57. The van der Waals surface area contributed by atoms with Crippen molar-refractivity contribution in [1.82, 2.24) is 4.90 Å². The van der Waals surface area contributed by atoms with Gasteiger partial charge < -0.3 is 16.4 Å². The predicted octanol–water partition coefficient (Wildman–Crippen LogP) is 3.59. The van der Waals surface area contributed by atoms with E-state index in [1.165, 1.54) is 12.1 Å². The number of hydrogen-bond acceptors (Lipinski definition) is 1. The minimum absolute atomic E-state index is 0. The lowest BCUT2D eigenvalue weighted by Gasteiger charge is -2.23. The Morgan fingerprint density at radius 1 is 1.19 bits per heavy atom. The van der Waals surface area contributed by atoms with Crippen LogP contribution in [0.15, 0.2) is 40.3 Å². The summed E-state index contributed by atoms with van der Waals surface area (Å²) in [5.41, 5.74) is 10.9. The molecule has 0 spiro atoms. The first-order chi connectivity index (χ1) is 11.3. The first-order valence-corrected chi connectivity index (χ1v) is 7.55. The molecule has 0 unspecified atom stereocenters. The fourth-order valence-electron chi connectivity index (χ4n) is 2.13. The summed E-state index contributed by atoms with van der Waals surface area (Å²) in [6.07, 6.45) is 0.344. The number of nitrogens with two attached hydrogens (primary N) is 2. The van der Waals surface area contributed by atoms with E-state index in [0.29, 0.717) is 12.1 Å². The normalized spacial score (nSPS) is 15.3. The average Bonchev–Trinajstić information content (AvgIpc) is 2.53. The Morgan fingerprint density at radius 3 is 2.46 bits per heavy atom. The highest BCUT2D eigenvalue weighted by molar-refractivity contribution is 6.31. The summed E-state index contributed by atoms with van der Waals surface area (Å²) in [5.74, 6) is 0.137. The Bertz CT molecular complexity index is 690. The van der Waals surface area contributed by atoms with Gasteiger partial charge in [-0.25, -0.2) is 4.99 Å². The average molecular weight is 433 g/mol. The molecule has 4 N–H and O–H groups in total. The highest BCUT2D eigenvalue weighted by Crippen LogP contribution is 2.35. The maximum Gasteiger partial charge on any atom is 0.417 e. The van der Waals surface area contributed by atoms with Crippen LogP contribution in [0, 0.1) is 0 Å². The van der Waals surface area contributed by atoms with E-state index in [9.17, 15) is 13.2 Å². The van der Waals surface area contributed by atoms with Gasteiger partial charge in [0.25, 0.3) is 0 Å². The van der Waals surface area contributed by atoms with Crippen molar-refractivity contribution >= 4 is 48.3 Å². The van der Waals surface area contributed by atoms with Crippen molar-refractivity contribution in [2.24, 2.45) is 21.5 Å². The van der Waals surface area contributed by atoms with Crippen LogP contribution in [0.3, 0.4) is 0 Å². The van der Waals surface area contributed by atoms with E-state index in [-0.39, 0.29) is 48.3 Å². The van der Waals surface area contributed by atoms with Gasteiger partial charge >= 0.3 is 6.18 Å². The lowest BCUT2D eigenvalue weighted by atomic mass is 10.1. The van der Waals surface area contributed by atoms with Crippen molar-refractivity contribution in [3.05, 3.63) is 46.5 Å². The van der Waals surface area contributed by atoms with Crippen LogP contribution in [0.5, 0.6) is 0 Å². The van der Waals surface area contributed by atoms with Gasteiger partial charge in [0.05, 0.1) is 17.1 Å². The molecule has 0 amide bonds. The molecule has 2 rings (SSSR count). The van der Waals surface area contributed by atoms with Gasteiger partial charge in [0.2, 0.25) is 5.96 Å². The molecule has 0 radical (unpaired) electrons. The van der Waals surface area contributed by atoms with Crippen molar-refractivity contribution in [2.45, 2.75) is 19.1 Å². The van der Waals surface area contributed by atoms with Crippen LogP contribution in [0.25, 0.3) is 0 Å². The molecule has 1 aliphatic heterocycles. The fourth-order valence-corrected chi connectivity index (χ4v) is 2.36. The van der Waals surface area contributed by atoms with Crippen LogP contribution in [0.1, 0.15) is 17.5 Å². The zero-order valence-corrected chi connectivity index (χ0v) is 15.9. The van der Waals surface area contributed by atoms with Gasteiger partial charge in [0.1, 0.15) is 0 Å². The predicted molar refractivity (Wildman–Crippen MR) is 103 cm³/mol. The van der Waals surface area contributed by atoms with E-state index in [1.54, 1.807) is 0 Å². The van der Waals surface area contributed by atoms with E-state index >= 15 is 0 Å². The largest absolute Gasteiger partial charge is 0.417 e. The van der Waals surface area contributed by atoms with E-state index in [4.69, 9.17) is 23.1 Å². The molecule has 11 heteroatoms. The molecule has 0 fully saturated rings. The second-order valence-electron chi connectivity index (χ2n) is 5.16. The Hall–Kier alpha value is -1.64. The Balaban J connectivity index is 0.00000312. The summed E-state index contributed by atoms with van der Waals surface area (Å²) in [6.45, 7) is 1.31. The van der Waals surface area contributed by atoms with Crippen LogP contribution < -0.4 is 11.5 Å². The molecule has 1 aromatic rings. The molecule has 0 atom stereocenters. The third-order valence-corrected chi connectivity index (χ3v) is 3.70. The van der Waals surface area contributed by atoms with E-state index in [1.807, 2.05) is 17.1 Å². The first kappa shape index (κ1) is 24.4. The molecule has 5 nitrogen and oxygen atoms in total. The summed E-state index contributed by atoms with van der Waals surface area (Å²) in [6, 6.07) is 3.58. The van der Waals surface area contributed by atoms with Gasteiger partial charge in [-0.15, -0.1) is 24.8 Å². The highest BCUT2D eigenvalue weighted by atomic mass is 35.5. The number of guanidine groups is 2. The molecule has 146 valence electrons. The molecular weight excluding hydrogens is 414 g/mol. The smallest absolute Gasteiger partial charge is 0.369 e. The molecule has 0 bridgehead atoms. The number of hydrogen-bond donors (Lipinski definition) is 2. The number of rotatable bonds is 2. The molecule has 0 aliphatic carbocycles. The second kappa shape index (κ2) is 10.5. The molecule has 0 saturated heterocycles. The minimum Gasteiger partial charge on any atom is -0.369 e. The molecule has 0 aromatic heterocycles. The van der Waals surface area contributed by atoms with Crippen LogP contribution in [0.2, 0.25) is 5.02 Å². The zero-order chi connectivity index (χ0) is 17.7. The standard InChI is InChI=1S/C15H17ClF3N5.2ClH/c16-12-5-4-10(8-11(12)15(17,18)19)9-22-13(20)23-14(21)24-6-2-1-3-7-24;;/h1-2,4-5,8H,3,6-7,9H2,(H4,20,21,22,23);2*1H. The van der Waals surface area contributed by atoms with Crippen LogP contribution in [0.4, 0.5) is 13.2 Å². The van der Waals surface area contributed by atoms with Crippen molar-refractivity contribution in [2.75, 3.05) is 13.1 Å². The number of alkyl halides is 3. The zero-order valence-electron chi connectivity index (χ0n) is 13.5. The number of nitrogens with zero attached hydrogens (tertiary/aromatic N) is 3. The Morgan fingerprint density at radius 2 is 1.88 bits per heavy atom. The monoisotopic (exact) mass is 431 g/mol. The maximum atomic E-state index is 12.8. The van der Waals surface area contributed by atoms with Crippen molar-refractivity contribution in [3.63, 3.8) is 0 Å². The van der Waals surface area contributed by atoms with Gasteiger partial charge in [-0.3, -0.25) is 0 Å². The summed E-state index contributed by atoms with van der Waals surface area (Å²) < 4.78 is 38.4. The molecule has 1 heterocycles. The topological polar surface area (TPSA) is 80.0 Å². The van der Waals surface area contributed by atoms with Gasteiger partial charge in [0.15, 0.2) is 5.96 Å². The Labute approximate surface area is 166 Å². The fraction of sp³-hybridized carbons (Fsp3) is 0.333. The van der Waals surface area contributed by atoms with Crippen LogP contribution in [-0.4, -0.2) is 29.9 Å². The maximum absolute atomic E-state index is 12.8. The quantitative estimate of drug-likeness (QED) is 0.426. The molecule has 1 aliphatic rings. The van der Waals surface area contributed by atoms with E-state index in [0.717, 1.165) is 19.0 Å². The molecule has 26 heavy (non-hydrogen) atoms. The molecule has 1 aromatic carbocycles. The van der Waals surface area contributed by atoms with Crippen LogP contribution in [-0.2, 0) is 12.7 Å². The van der Waals surface area contributed by atoms with E-state index < -0.39 is 11.7 Å². The van der Waals surface area contributed by atoms with Crippen molar-refractivity contribution in [1.29, 1.82) is 0 Å². The van der Waals surface area contributed by atoms with Gasteiger partial charge in [-0.05, 0) is 24.1 Å². The number of aliphatic imine (C=N–C) groups is 2. The van der Waals surface area contributed by atoms with Crippen molar-refractivity contribution < 1.29 is 13.2 Å². The van der Waals surface area contributed by atoms with Crippen LogP contribution >= 0.6 is 36.4 Å².